The molecule has 0 radical (unpaired) electrons. The highest BCUT2D eigenvalue weighted by Crippen LogP contribution is 2.22. The van der Waals surface area contributed by atoms with Crippen LogP contribution in [0.5, 0.6) is 5.75 Å². The lowest BCUT2D eigenvalue weighted by Crippen LogP contribution is -2.58. The van der Waals surface area contributed by atoms with E-state index in [9.17, 15) is 19.2 Å². The summed E-state index contributed by atoms with van der Waals surface area (Å²) in [6.45, 7) is 3.83. The number of nitrogens with zero attached hydrogens (tertiary/aromatic N) is 1. The Hall–Kier alpha value is -3.86. The highest BCUT2D eigenvalue weighted by atomic mass is 32.1. The van der Waals surface area contributed by atoms with Gasteiger partial charge in [0.25, 0.3) is 0 Å². The molecule has 1 fully saturated rings. The molecule has 3 atom stereocenters. The van der Waals surface area contributed by atoms with Gasteiger partial charge in [-0.2, -0.15) is 0 Å². The fourth-order valence-electron chi connectivity index (χ4n) is 3.99. The van der Waals surface area contributed by atoms with E-state index >= 15 is 0 Å². The van der Waals surface area contributed by atoms with E-state index in [0.717, 1.165) is 10.5 Å². The van der Waals surface area contributed by atoms with Gasteiger partial charge < -0.3 is 31.3 Å². The number of nitrogens with two attached hydrogens (primary N) is 1. The third-order valence-electron chi connectivity index (χ3n) is 5.65. The van der Waals surface area contributed by atoms with Crippen LogP contribution >= 0.6 is 11.3 Å². The molecule has 1 aliphatic heterocycles. The number of nitrogens with one attached hydrogen (secondary N) is 3. The molecule has 0 aliphatic carbocycles. The fourth-order valence-corrected chi connectivity index (χ4v) is 4.74. The topological polar surface area (TPSA) is 143 Å². The van der Waals surface area contributed by atoms with Crippen molar-refractivity contribution in [1.82, 2.24) is 15.5 Å². The number of likely N-dealkylation sites (tertiary alicyclic amines) is 1. The maximum absolute atomic E-state index is 13.4. The van der Waals surface area contributed by atoms with Gasteiger partial charge in [-0.3, -0.25) is 14.4 Å². The van der Waals surface area contributed by atoms with E-state index in [2.05, 4.69) is 16.0 Å². The molecule has 10 nitrogen and oxygen atoms in total. The summed E-state index contributed by atoms with van der Waals surface area (Å²) in [5, 5.41) is 10.1. The Morgan fingerprint density at radius 1 is 1.22 bits per heavy atom. The quantitative estimate of drug-likeness (QED) is 0.380. The number of amides is 5. The van der Waals surface area contributed by atoms with Crippen molar-refractivity contribution in [2.24, 2.45) is 5.73 Å². The summed E-state index contributed by atoms with van der Waals surface area (Å²) >= 11 is 1.45. The molecular weight excluding hydrogens is 482 g/mol. The molecule has 1 aliphatic rings. The molecule has 0 saturated carbocycles. The van der Waals surface area contributed by atoms with Crippen molar-refractivity contribution < 1.29 is 23.9 Å². The van der Waals surface area contributed by atoms with Crippen LogP contribution in [0.4, 0.5) is 10.5 Å². The lowest BCUT2D eigenvalue weighted by Gasteiger charge is -2.28. The van der Waals surface area contributed by atoms with Crippen molar-refractivity contribution in [2.75, 3.05) is 19.0 Å². The van der Waals surface area contributed by atoms with Gasteiger partial charge in [-0.05, 0) is 43.8 Å². The third-order valence-corrected chi connectivity index (χ3v) is 6.55. The Kier molecular flexibility index (Phi) is 9.07. The number of allylic oxidation sites excluding steroid dienone is 1. The molecule has 3 rings (SSSR count). The highest BCUT2D eigenvalue weighted by Gasteiger charge is 2.43. The van der Waals surface area contributed by atoms with Gasteiger partial charge in [0.15, 0.2) is 0 Å². The Labute approximate surface area is 213 Å². The summed E-state index contributed by atoms with van der Waals surface area (Å²) < 4.78 is 5.17. The van der Waals surface area contributed by atoms with Crippen molar-refractivity contribution in [1.29, 1.82) is 0 Å². The van der Waals surface area contributed by atoms with Crippen molar-refractivity contribution in [3.8, 4) is 5.75 Å². The van der Waals surface area contributed by atoms with Gasteiger partial charge in [0.1, 0.15) is 17.8 Å². The molecule has 2 aromatic rings. The number of rotatable bonds is 9. The molecule has 0 bridgehead atoms. The zero-order valence-corrected chi connectivity index (χ0v) is 21.3. The number of benzene rings is 1. The zero-order valence-electron chi connectivity index (χ0n) is 20.4. The second kappa shape index (κ2) is 12.2. The molecule has 0 unspecified atom stereocenters. The zero-order chi connectivity index (χ0) is 26.2. The number of hydrogen-bond acceptors (Lipinski definition) is 6. The summed E-state index contributed by atoms with van der Waals surface area (Å²) in [4.78, 5) is 53.4. The van der Waals surface area contributed by atoms with Crippen LogP contribution in [0.15, 0.2) is 53.4 Å². The van der Waals surface area contributed by atoms with Crippen molar-refractivity contribution in [3.05, 3.63) is 58.3 Å². The molecule has 1 aromatic heterocycles. The summed E-state index contributed by atoms with van der Waals surface area (Å²) in [6, 6.07) is 7.35. The predicted octanol–water partition coefficient (Wildman–Crippen LogP) is 2.03. The Morgan fingerprint density at radius 3 is 2.64 bits per heavy atom. The van der Waals surface area contributed by atoms with Gasteiger partial charge in [-0.1, -0.05) is 17.7 Å². The average Bonchev–Trinajstić information content (AvgIpc) is 3.48. The summed E-state index contributed by atoms with van der Waals surface area (Å²) in [6.07, 6.45) is 2.04. The number of methoxy groups -OCH3 is 1. The molecule has 11 heteroatoms. The van der Waals surface area contributed by atoms with Crippen LogP contribution in [0.2, 0.25) is 0 Å². The summed E-state index contributed by atoms with van der Waals surface area (Å²) in [5.74, 6) is -1.01. The number of carbonyl (C=O) groups excluding carboxylic acids is 4. The molecule has 5 N–H and O–H groups in total. The second-order valence-electron chi connectivity index (χ2n) is 8.67. The number of hydrogen-bond donors (Lipinski definition) is 4. The first-order chi connectivity index (χ1) is 17.2. The van der Waals surface area contributed by atoms with E-state index in [1.165, 1.54) is 29.4 Å². The van der Waals surface area contributed by atoms with E-state index in [-0.39, 0.29) is 18.9 Å². The third kappa shape index (κ3) is 7.08. The van der Waals surface area contributed by atoms with Crippen molar-refractivity contribution >= 4 is 40.8 Å². The van der Waals surface area contributed by atoms with Gasteiger partial charge in [0.05, 0.1) is 13.2 Å². The number of ether oxygens (including phenoxy) is 1. The van der Waals surface area contributed by atoms with Crippen molar-refractivity contribution in [3.63, 3.8) is 0 Å². The van der Waals surface area contributed by atoms with E-state index in [1.807, 2.05) is 17.5 Å². The SMILES string of the molecule is COc1cccc(NC(=O)N[C@H]2CCN(C(=O)C=C(C)C)[C@@H]2C(=O)N[C@@H](Cc2cccs2)C(N)=O)c1. The fraction of sp³-hybridized carbons (Fsp3) is 0.360. The average molecular weight is 514 g/mol. The first-order valence-electron chi connectivity index (χ1n) is 11.5. The summed E-state index contributed by atoms with van der Waals surface area (Å²) in [7, 11) is 1.52. The van der Waals surface area contributed by atoms with Crippen LogP contribution in [0.1, 0.15) is 25.1 Å². The molecule has 2 heterocycles. The second-order valence-corrected chi connectivity index (χ2v) is 9.70. The molecule has 36 heavy (non-hydrogen) atoms. The first kappa shape index (κ1) is 26.7. The molecule has 192 valence electrons. The molecule has 1 saturated heterocycles. The Morgan fingerprint density at radius 2 is 2.00 bits per heavy atom. The van der Waals surface area contributed by atoms with E-state index < -0.39 is 36.0 Å². The number of urea groups is 1. The number of thiophene rings is 1. The molecule has 5 amide bonds. The van der Waals surface area contributed by atoms with E-state index in [0.29, 0.717) is 17.9 Å². The van der Waals surface area contributed by atoms with Gasteiger partial charge >= 0.3 is 6.03 Å². The minimum atomic E-state index is -1.02. The Bertz CT molecular complexity index is 1130. The smallest absolute Gasteiger partial charge is 0.319 e. The van der Waals surface area contributed by atoms with E-state index in [1.54, 1.807) is 38.1 Å². The van der Waals surface area contributed by atoms with Crippen LogP contribution < -0.4 is 26.4 Å². The molecular formula is C25H31N5O5S. The number of anilines is 1. The maximum Gasteiger partial charge on any atom is 0.319 e. The van der Waals surface area contributed by atoms with Crippen LogP contribution in [0.25, 0.3) is 0 Å². The minimum absolute atomic E-state index is 0.238. The lowest BCUT2D eigenvalue weighted by molar-refractivity contribution is -0.136. The van der Waals surface area contributed by atoms with Gasteiger partial charge in [0.2, 0.25) is 17.7 Å². The van der Waals surface area contributed by atoms with Gasteiger partial charge in [-0.15, -0.1) is 11.3 Å². The minimum Gasteiger partial charge on any atom is -0.497 e. The number of carbonyl (C=O) groups is 4. The monoisotopic (exact) mass is 513 g/mol. The molecule has 1 aromatic carbocycles. The van der Waals surface area contributed by atoms with Crippen LogP contribution in [0, 0.1) is 0 Å². The van der Waals surface area contributed by atoms with E-state index in [4.69, 9.17) is 10.5 Å². The van der Waals surface area contributed by atoms with Crippen LogP contribution in [-0.2, 0) is 20.8 Å². The largest absolute Gasteiger partial charge is 0.497 e. The first-order valence-corrected chi connectivity index (χ1v) is 12.3. The standard InChI is InChI=1S/C25H31N5O5S/c1-15(2)12-21(31)30-10-9-19(29-25(34)27-16-6-4-7-17(13-16)35-3)22(30)24(33)28-20(23(26)32)14-18-8-5-11-36-18/h4-8,11-13,19-20,22H,9-10,14H2,1-3H3,(H2,26,32)(H,28,33)(H2,27,29,34)/t19-,20-,22-/m0/s1. The highest BCUT2D eigenvalue weighted by molar-refractivity contribution is 7.09. The number of primary amides is 1. The maximum atomic E-state index is 13.4. The van der Waals surface area contributed by atoms with Crippen LogP contribution in [0.3, 0.4) is 0 Å². The summed E-state index contributed by atoms with van der Waals surface area (Å²) in [5.41, 5.74) is 6.84. The lowest BCUT2D eigenvalue weighted by atomic mass is 10.1. The Balaban J connectivity index is 1.77. The van der Waals surface area contributed by atoms with Gasteiger partial charge in [0, 0.05) is 35.7 Å². The van der Waals surface area contributed by atoms with Gasteiger partial charge in [-0.25, -0.2) is 4.79 Å². The van der Waals surface area contributed by atoms with Crippen LogP contribution in [-0.4, -0.2) is 60.4 Å². The normalized spacial score (nSPS) is 17.6. The molecule has 0 spiro atoms. The van der Waals surface area contributed by atoms with Crippen molar-refractivity contribution in [2.45, 2.75) is 44.8 Å². The predicted molar refractivity (Wildman–Crippen MR) is 138 cm³/mol.